The van der Waals surface area contributed by atoms with Gasteiger partial charge in [-0.1, -0.05) is 39.1 Å². The maximum Gasteiger partial charge on any atom is 0.170 e. The van der Waals surface area contributed by atoms with Crippen molar-refractivity contribution in [2.45, 2.75) is 19.9 Å². The van der Waals surface area contributed by atoms with Crippen LogP contribution in [0.5, 0.6) is 0 Å². The average molecular weight is 422 g/mol. The summed E-state index contributed by atoms with van der Waals surface area (Å²) in [6.07, 6.45) is 2.54. The summed E-state index contributed by atoms with van der Waals surface area (Å²) in [5, 5.41) is 12.3. The topological polar surface area (TPSA) is 41.9 Å². The number of halogens is 3. The highest BCUT2D eigenvalue weighted by Gasteiger charge is 2.05. The van der Waals surface area contributed by atoms with Gasteiger partial charge in [0.15, 0.2) is 5.11 Å². The van der Waals surface area contributed by atoms with Crippen LogP contribution < -0.4 is 10.6 Å². The van der Waals surface area contributed by atoms with Gasteiger partial charge in [-0.2, -0.15) is 5.10 Å². The van der Waals surface area contributed by atoms with Crippen LogP contribution in [0.15, 0.2) is 28.9 Å². The Balaban J connectivity index is 1.75. The first-order chi connectivity index (χ1) is 10.5. The van der Waals surface area contributed by atoms with Gasteiger partial charge in [-0.05, 0) is 43.8 Å². The van der Waals surface area contributed by atoms with Crippen molar-refractivity contribution < 1.29 is 0 Å². The molecule has 118 valence electrons. The summed E-state index contributed by atoms with van der Waals surface area (Å²) in [7, 11) is 0. The smallest absolute Gasteiger partial charge is 0.170 e. The SMILES string of the molecule is Cc1c(Cl)cnn1CCCNC(=S)Nc1ccc(Br)cc1Cl. The molecule has 0 saturated carbocycles. The minimum absolute atomic E-state index is 0.541. The Hall–Kier alpha value is -0.820. The van der Waals surface area contributed by atoms with Crippen molar-refractivity contribution in [1.29, 1.82) is 0 Å². The van der Waals surface area contributed by atoms with Gasteiger partial charge in [0.25, 0.3) is 0 Å². The van der Waals surface area contributed by atoms with Crippen LogP contribution in [0.1, 0.15) is 12.1 Å². The summed E-state index contributed by atoms with van der Waals surface area (Å²) in [5.74, 6) is 0. The third kappa shape index (κ3) is 4.84. The summed E-state index contributed by atoms with van der Waals surface area (Å²) in [6, 6.07) is 5.59. The molecule has 0 atom stereocenters. The molecule has 1 aromatic carbocycles. The third-order valence-electron chi connectivity index (χ3n) is 3.05. The summed E-state index contributed by atoms with van der Waals surface area (Å²) in [4.78, 5) is 0. The van der Waals surface area contributed by atoms with E-state index in [0.29, 0.717) is 15.2 Å². The molecule has 2 rings (SSSR count). The van der Waals surface area contributed by atoms with E-state index in [9.17, 15) is 0 Å². The Kier molecular flexibility index (Phi) is 6.50. The molecule has 0 fully saturated rings. The predicted octanol–water partition coefficient (Wildman–Crippen LogP) is 4.64. The largest absolute Gasteiger partial charge is 0.362 e. The van der Waals surface area contributed by atoms with Crippen molar-refractivity contribution in [2.24, 2.45) is 0 Å². The molecule has 0 spiro atoms. The van der Waals surface area contributed by atoms with Gasteiger partial charge in [0.05, 0.1) is 27.6 Å². The zero-order chi connectivity index (χ0) is 16.1. The number of nitrogens with zero attached hydrogens (tertiary/aromatic N) is 2. The third-order valence-corrected chi connectivity index (χ3v) is 4.48. The average Bonchev–Trinajstić information content (AvgIpc) is 2.78. The van der Waals surface area contributed by atoms with Gasteiger partial charge in [-0.25, -0.2) is 0 Å². The van der Waals surface area contributed by atoms with Gasteiger partial charge in [-0.3, -0.25) is 4.68 Å². The second-order valence-corrected chi connectivity index (χ2v) is 6.80. The van der Waals surface area contributed by atoms with Crippen LogP contribution in [-0.2, 0) is 6.54 Å². The van der Waals surface area contributed by atoms with Gasteiger partial charge in [0.2, 0.25) is 0 Å². The molecule has 8 heteroatoms. The molecular formula is C14H15BrCl2N4S. The fraction of sp³-hybridized carbons (Fsp3) is 0.286. The Morgan fingerprint density at radius 2 is 2.14 bits per heavy atom. The molecule has 22 heavy (non-hydrogen) atoms. The number of aromatic nitrogens is 2. The molecule has 0 aliphatic rings. The maximum atomic E-state index is 6.13. The van der Waals surface area contributed by atoms with Crippen molar-refractivity contribution in [3.63, 3.8) is 0 Å². The minimum Gasteiger partial charge on any atom is -0.362 e. The van der Waals surface area contributed by atoms with E-state index >= 15 is 0 Å². The minimum atomic E-state index is 0.541. The summed E-state index contributed by atoms with van der Waals surface area (Å²) < 4.78 is 2.81. The van der Waals surface area contributed by atoms with Crippen LogP contribution in [0.2, 0.25) is 10.0 Å². The monoisotopic (exact) mass is 420 g/mol. The Morgan fingerprint density at radius 3 is 2.77 bits per heavy atom. The van der Waals surface area contributed by atoms with E-state index in [-0.39, 0.29) is 0 Å². The quantitative estimate of drug-likeness (QED) is 0.545. The van der Waals surface area contributed by atoms with E-state index in [2.05, 4.69) is 31.7 Å². The van der Waals surface area contributed by atoms with Crippen molar-refractivity contribution in [2.75, 3.05) is 11.9 Å². The highest BCUT2D eigenvalue weighted by Crippen LogP contribution is 2.25. The molecule has 0 aliphatic carbocycles. The number of nitrogens with one attached hydrogen (secondary N) is 2. The van der Waals surface area contributed by atoms with E-state index in [1.807, 2.05) is 29.8 Å². The van der Waals surface area contributed by atoms with Crippen molar-refractivity contribution in [3.05, 3.63) is 44.6 Å². The molecule has 0 saturated heterocycles. The molecule has 4 nitrogen and oxygen atoms in total. The highest BCUT2D eigenvalue weighted by atomic mass is 79.9. The number of hydrogen-bond donors (Lipinski definition) is 2. The predicted molar refractivity (Wildman–Crippen MR) is 100.0 cm³/mol. The van der Waals surface area contributed by atoms with Crippen molar-refractivity contribution >= 4 is 62.1 Å². The van der Waals surface area contributed by atoms with Gasteiger partial charge < -0.3 is 10.6 Å². The van der Waals surface area contributed by atoms with Crippen LogP contribution in [0, 0.1) is 6.92 Å². The standard InChI is InChI=1S/C14H15BrCl2N4S/c1-9-12(17)8-19-21(9)6-2-5-18-14(22)20-13-4-3-10(15)7-11(13)16/h3-4,7-8H,2,5-6H2,1H3,(H2,18,20,22). The van der Waals surface area contributed by atoms with Gasteiger partial charge in [-0.15, -0.1) is 0 Å². The molecule has 0 aliphatic heterocycles. The number of thiocarbonyl (C=S) groups is 1. The van der Waals surface area contributed by atoms with E-state index in [0.717, 1.165) is 35.4 Å². The first-order valence-corrected chi connectivity index (χ1v) is 8.61. The fourth-order valence-corrected chi connectivity index (χ4v) is 2.91. The van der Waals surface area contributed by atoms with Crippen LogP contribution in [0.3, 0.4) is 0 Å². The van der Waals surface area contributed by atoms with Gasteiger partial charge in [0, 0.05) is 17.6 Å². The molecule has 2 aromatic rings. The zero-order valence-corrected chi connectivity index (χ0v) is 15.8. The number of rotatable bonds is 5. The lowest BCUT2D eigenvalue weighted by atomic mass is 10.3. The van der Waals surface area contributed by atoms with Crippen molar-refractivity contribution in [1.82, 2.24) is 15.1 Å². The van der Waals surface area contributed by atoms with Gasteiger partial charge >= 0.3 is 0 Å². The molecule has 0 bridgehead atoms. The van der Waals surface area contributed by atoms with E-state index in [4.69, 9.17) is 35.4 Å². The Labute approximate surface area is 153 Å². The molecule has 0 radical (unpaired) electrons. The highest BCUT2D eigenvalue weighted by molar-refractivity contribution is 9.10. The van der Waals surface area contributed by atoms with Crippen LogP contribution in [-0.4, -0.2) is 21.4 Å². The van der Waals surface area contributed by atoms with Crippen molar-refractivity contribution in [3.8, 4) is 0 Å². The lowest BCUT2D eigenvalue weighted by Gasteiger charge is -2.12. The zero-order valence-electron chi connectivity index (χ0n) is 11.9. The van der Waals surface area contributed by atoms with Crippen LogP contribution in [0.4, 0.5) is 5.69 Å². The number of anilines is 1. The number of hydrogen-bond acceptors (Lipinski definition) is 2. The molecule has 1 aromatic heterocycles. The molecule has 0 amide bonds. The second-order valence-electron chi connectivity index (χ2n) is 4.66. The fourth-order valence-electron chi connectivity index (χ4n) is 1.84. The molecule has 1 heterocycles. The molecule has 2 N–H and O–H groups in total. The molecule has 0 unspecified atom stereocenters. The Morgan fingerprint density at radius 1 is 1.36 bits per heavy atom. The first-order valence-electron chi connectivity index (χ1n) is 6.65. The maximum absolute atomic E-state index is 6.13. The summed E-state index contributed by atoms with van der Waals surface area (Å²) in [6.45, 7) is 3.47. The van der Waals surface area contributed by atoms with Crippen LogP contribution in [0.25, 0.3) is 0 Å². The first kappa shape index (κ1) is 17.5. The van der Waals surface area contributed by atoms with Crippen LogP contribution >= 0.6 is 51.3 Å². The number of benzene rings is 1. The van der Waals surface area contributed by atoms with E-state index in [1.165, 1.54) is 0 Å². The second kappa shape index (κ2) is 8.15. The lowest BCUT2D eigenvalue weighted by molar-refractivity contribution is 0.561. The Bertz CT molecular complexity index is 675. The number of aryl methyl sites for hydroxylation is 1. The van der Waals surface area contributed by atoms with Gasteiger partial charge in [0.1, 0.15) is 0 Å². The lowest BCUT2D eigenvalue weighted by Crippen LogP contribution is -2.30. The normalized spacial score (nSPS) is 10.5. The van der Waals surface area contributed by atoms with E-state index in [1.54, 1.807) is 6.20 Å². The summed E-state index contributed by atoms with van der Waals surface area (Å²) in [5.41, 5.74) is 1.75. The van der Waals surface area contributed by atoms with E-state index < -0.39 is 0 Å². The summed E-state index contributed by atoms with van der Waals surface area (Å²) >= 11 is 20.7. The molecular weight excluding hydrogens is 407 g/mol.